The topological polar surface area (TPSA) is 58.2 Å². The van der Waals surface area contributed by atoms with Crippen molar-refractivity contribution in [3.63, 3.8) is 0 Å². The Bertz CT molecular complexity index is 648. The molecule has 2 rings (SSSR count). The van der Waals surface area contributed by atoms with E-state index in [1.54, 1.807) is 17.4 Å². The van der Waals surface area contributed by atoms with Gasteiger partial charge in [-0.05, 0) is 35.9 Å². The number of rotatable bonds is 8. The van der Waals surface area contributed by atoms with Gasteiger partial charge in [-0.15, -0.1) is 22.7 Å². The van der Waals surface area contributed by atoms with E-state index in [-0.39, 0.29) is 6.04 Å². The lowest BCUT2D eigenvalue weighted by Crippen LogP contribution is -2.28. The second-order valence-electron chi connectivity index (χ2n) is 4.59. The maximum atomic E-state index is 12.6. The molecule has 0 amide bonds. The maximum absolute atomic E-state index is 12.6. The van der Waals surface area contributed by atoms with E-state index in [4.69, 9.17) is 0 Å². The summed E-state index contributed by atoms with van der Waals surface area (Å²) in [4.78, 5) is 2.29. The summed E-state index contributed by atoms with van der Waals surface area (Å²) in [6.07, 6.45) is 0.729. The van der Waals surface area contributed by atoms with Crippen LogP contribution in [0.3, 0.4) is 0 Å². The summed E-state index contributed by atoms with van der Waals surface area (Å²) in [6, 6.07) is 5.43. The first-order chi connectivity index (χ1) is 10.1. The summed E-state index contributed by atoms with van der Waals surface area (Å²) in [7, 11) is -3.49. The standard InChI is InChI=1S/C14H20N2O2S3/c1-3-11(12-6-5-8-19-12)16-21(17,18)14-7-9-20-13(14)10-15-4-2/h5-9,11,15-16H,3-4,10H2,1-2H3. The van der Waals surface area contributed by atoms with Crippen molar-refractivity contribution in [2.75, 3.05) is 6.54 Å². The minimum atomic E-state index is -3.49. The van der Waals surface area contributed by atoms with Gasteiger partial charge in [0.15, 0.2) is 0 Å². The van der Waals surface area contributed by atoms with E-state index < -0.39 is 10.0 Å². The van der Waals surface area contributed by atoms with Gasteiger partial charge in [0, 0.05) is 16.3 Å². The molecule has 1 atom stereocenters. The molecular weight excluding hydrogens is 324 g/mol. The normalized spacial score (nSPS) is 13.4. The summed E-state index contributed by atoms with van der Waals surface area (Å²) < 4.78 is 28.1. The second kappa shape index (κ2) is 7.51. The first-order valence-corrected chi connectivity index (χ1v) is 10.2. The smallest absolute Gasteiger partial charge is 0.242 e. The third kappa shape index (κ3) is 4.14. The first-order valence-electron chi connectivity index (χ1n) is 6.91. The van der Waals surface area contributed by atoms with Gasteiger partial charge >= 0.3 is 0 Å². The van der Waals surface area contributed by atoms with Crippen molar-refractivity contribution in [3.05, 3.63) is 38.7 Å². The molecule has 1 unspecified atom stereocenters. The molecule has 2 aromatic heterocycles. The van der Waals surface area contributed by atoms with Crippen LogP contribution in [0.15, 0.2) is 33.9 Å². The van der Waals surface area contributed by atoms with Gasteiger partial charge in [0.05, 0.1) is 10.9 Å². The quantitative estimate of drug-likeness (QED) is 0.772. The van der Waals surface area contributed by atoms with Gasteiger partial charge in [-0.2, -0.15) is 0 Å². The number of thiophene rings is 2. The molecule has 0 aromatic carbocycles. The lowest BCUT2D eigenvalue weighted by molar-refractivity contribution is 0.552. The minimum absolute atomic E-state index is 0.165. The molecule has 0 spiro atoms. The van der Waals surface area contributed by atoms with Crippen LogP contribution in [0.5, 0.6) is 0 Å². The van der Waals surface area contributed by atoms with E-state index in [1.807, 2.05) is 36.7 Å². The molecule has 21 heavy (non-hydrogen) atoms. The van der Waals surface area contributed by atoms with Gasteiger partial charge in [0.2, 0.25) is 10.0 Å². The van der Waals surface area contributed by atoms with E-state index >= 15 is 0 Å². The second-order valence-corrected chi connectivity index (χ2v) is 8.25. The summed E-state index contributed by atoms with van der Waals surface area (Å²) in [5, 5.41) is 6.97. The monoisotopic (exact) mass is 344 g/mol. The van der Waals surface area contributed by atoms with Gasteiger partial charge in [0.25, 0.3) is 0 Å². The van der Waals surface area contributed by atoms with Crippen LogP contribution >= 0.6 is 22.7 Å². The molecule has 0 aliphatic rings. The zero-order chi connectivity index (χ0) is 15.3. The molecule has 0 saturated heterocycles. The van der Waals surface area contributed by atoms with E-state index in [9.17, 15) is 8.42 Å². The number of hydrogen-bond acceptors (Lipinski definition) is 5. The van der Waals surface area contributed by atoms with Crippen LogP contribution in [-0.2, 0) is 16.6 Å². The molecule has 4 nitrogen and oxygen atoms in total. The van der Waals surface area contributed by atoms with Crippen molar-refractivity contribution in [1.82, 2.24) is 10.0 Å². The lowest BCUT2D eigenvalue weighted by atomic mass is 10.2. The van der Waals surface area contributed by atoms with E-state index in [1.165, 1.54) is 11.3 Å². The van der Waals surface area contributed by atoms with Crippen LogP contribution in [0.1, 0.15) is 36.1 Å². The Morgan fingerprint density at radius 2 is 2.00 bits per heavy atom. The van der Waals surface area contributed by atoms with E-state index in [2.05, 4.69) is 10.0 Å². The Morgan fingerprint density at radius 3 is 2.62 bits per heavy atom. The van der Waals surface area contributed by atoms with Crippen LogP contribution in [0, 0.1) is 0 Å². The van der Waals surface area contributed by atoms with Crippen molar-refractivity contribution in [3.8, 4) is 0 Å². The van der Waals surface area contributed by atoms with Gasteiger partial charge in [-0.1, -0.05) is 19.9 Å². The summed E-state index contributed by atoms with van der Waals surface area (Å²) in [6.45, 7) is 5.39. The fourth-order valence-electron chi connectivity index (χ4n) is 2.02. The fraction of sp³-hybridized carbons (Fsp3) is 0.429. The SMILES string of the molecule is CCNCc1sccc1S(=O)(=O)NC(CC)c1cccs1. The molecule has 0 bridgehead atoms. The van der Waals surface area contributed by atoms with E-state index in [0.29, 0.717) is 11.4 Å². The number of nitrogens with one attached hydrogen (secondary N) is 2. The van der Waals surface area contributed by atoms with Gasteiger partial charge in [-0.3, -0.25) is 0 Å². The Balaban J connectivity index is 2.20. The van der Waals surface area contributed by atoms with Crippen LogP contribution in [-0.4, -0.2) is 15.0 Å². The van der Waals surface area contributed by atoms with Gasteiger partial charge in [-0.25, -0.2) is 13.1 Å². The fourth-order valence-corrected chi connectivity index (χ4v) is 5.67. The molecule has 0 aliphatic carbocycles. The summed E-state index contributed by atoms with van der Waals surface area (Å²) in [5.74, 6) is 0. The minimum Gasteiger partial charge on any atom is -0.312 e. The van der Waals surface area contributed by atoms with Crippen molar-refractivity contribution < 1.29 is 8.42 Å². The molecular formula is C14H20N2O2S3. The highest BCUT2D eigenvalue weighted by Gasteiger charge is 2.24. The Kier molecular flexibility index (Phi) is 5.95. The highest BCUT2D eigenvalue weighted by Crippen LogP contribution is 2.27. The van der Waals surface area contributed by atoms with E-state index in [0.717, 1.165) is 22.7 Å². The molecule has 2 aromatic rings. The Morgan fingerprint density at radius 1 is 1.19 bits per heavy atom. The van der Waals surface area contributed by atoms with Crippen molar-refractivity contribution in [2.45, 2.75) is 37.8 Å². The van der Waals surface area contributed by atoms with Crippen LogP contribution in [0.2, 0.25) is 0 Å². The highest BCUT2D eigenvalue weighted by molar-refractivity contribution is 7.89. The molecule has 116 valence electrons. The molecule has 0 aliphatic heterocycles. The molecule has 0 fully saturated rings. The Labute approximate surface area is 134 Å². The molecule has 7 heteroatoms. The maximum Gasteiger partial charge on any atom is 0.242 e. The first kappa shape index (κ1) is 16.6. The van der Waals surface area contributed by atoms with Gasteiger partial charge in [0.1, 0.15) is 0 Å². The number of sulfonamides is 1. The van der Waals surface area contributed by atoms with Crippen molar-refractivity contribution in [2.24, 2.45) is 0 Å². The zero-order valence-electron chi connectivity index (χ0n) is 12.1. The summed E-state index contributed by atoms with van der Waals surface area (Å²) in [5.41, 5.74) is 0. The highest BCUT2D eigenvalue weighted by atomic mass is 32.2. The summed E-state index contributed by atoms with van der Waals surface area (Å²) >= 11 is 3.04. The van der Waals surface area contributed by atoms with Crippen LogP contribution < -0.4 is 10.0 Å². The van der Waals surface area contributed by atoms with Crippen LogP contribution in [0.25, 0.3) is 0 Å². The van der Waals surface area contributed by atoms with Crippen LogP contribution in [0.4, 0.5) is 0 Å². The average Bonchev–Trinajstić information content (AvgIpc) is 3.13. The lowest BCUT2D eigenvalue weighted by Gasteiger charge is -2.16. The molecule has 2 N–H and O–H groups in total. The predicted molar refractivity (Wildman–Crippen MR) is 89.4 cm³/mol. The third-order valence-corrected chi connectivity index (χ3v) is 6.71. The third-order valence-electron chi connectivity index (χ3n) is 3.12. The average molecular weight is 345 g/mol. The largest absolute Gasteiger partial charge is 0.312 e. The molecule has 0 saturated carbocycles. The zero-order valence-corrected chi connectivity index (χ0v) is 14.6. The number of hydrogen-bond donors (Lipinski definition) is 2. The Hall–Kier alpha value is -0.730. The van der Waals surface area contributed by atoms with Crippen molar-refractivity contribution in [1.29, 1.82) is 0 Å². The van der Waals surface area contributed by atoms with Crippen molar-refractivity contribution >= 4 is 32.7 Å². The molecule has 2 heterocycles. The van der Waals surface area contributed by atoms with Gasteiger partial charge < -0.3 is 5.32 Å². The molecule has 0 radical (unpaired) electrons. The predicted octanol–water partition coefficient (Wildman–Crippen LogP) is 3.35.